The molecule has 62 valence electrons. The van der Waals surface area contributed by atoms with Gasteiger partial charge in [0.25, 0.3) is 0 Å². The molecule has 3 atom stereocenters. The van der Waals surface area contributed by atoms with Gasteiger partial charge in [0.05, 0.1) is 0 Å². The molecule has 0 saturated heterocycles. The maximum atomic E-state index is 5.42. The van der Waals surface area contributed by atoms with Gasteiger partial charge >= 0.3 is 0 Å². The maximum Gasteiger partial charge on any atom is 0.163 e. The molecule has 11 heavy (non-hydrogen) atoms. The van der Waals surface area contributed by atoms with Crippen molar-refractivity contribution in [2.75, 3.05) is 0 Å². The third-order valence-corrected chi connectivity index (χ3v) is 3.18. The topological polar surface area (TPSA) is 38.0 Å². The van der Waals surface area contributed by atoms with Gasteiger partial charge in [0.15, 0.2) is 5.11 Å². The first-order chi connectivity index (χ1) is 5.25. The molecule has 2 aliphatic carbocycles. The molecule has 2 nitrogen and oxygen atoms in total. The molecule has 0 aromatic carbocycles. The third kappa shape index (κ3) is 1.34. The Kier molecular flexibility index (Phi) is 1.75. The van der Waals surface area contributed by atoms with E-state index in [4.69, 9.17) is 18.0 Å². The molecule has 0 aliphatic heterocycles. The summed E-state index contributed by atoms with van der Waals surface area (Å²) < 4.78 is 0. The van der Waals surface area contributed by atoms with Crippen LogP contribution < -0.4 is 11.1 Å². The molecule has 2 rings (SSSR count). The molecule has 0 heterocycles. The van der Waals surface area contributed by atoms with Gasteiger partial charge in [-0.25, -0.2) is 0 Å². The Bertz CT molecular complexity index is 181. The third-order valence-electron chi connectivity index (χ3n) is 3.07. The molecule has 0 amide bonds. The van der Waals surface area contributed by atoms with Crippen molar-refractivity contribution in [3.05, 3.63) is 0 Å². The Morgan fingerprint density at radius 2 is 2.18 bits per heavy atom. The van der Waals surface area contributed by atoms with E-state index in [0.717, 1.165) is 11.8 Å². The van der Waals surface area contributed by atoms with Crippen LogP contribution in [0.3, 0.4) is 0 Å². The Labute approximate surface area is 72.5 Å². The maximum absolute atomic E-state index is 5.42. The predicted octanol–water partition coefficient (Wildman–Crippen LogP) is 1.01. The fraction of sp³-hybridized carbons (Fsp3) is 0.875. The van der Waals surface area contributed by atoms with Crippen molar-refractivity contribution >= 4 is 17.3 Å². The normalized spacial score (nSPS) is 40.9. The van der Waals surface area contributed by atoms with Gasteiger partial charge in [-0.2, -0.15) is 0 Å². The van der Waals surface area contributed by atoms with Crippen LogP contribution in [-0.2, 0) is 0 Å². The summed E-state index contributed by atoms with van der Waals surface area (Å²) in [6.45, 7) is 0. The molecule has 0 radical (unpaired) electrons. The van der Waals surface area contributed by atoms with Crippen LogP contribution in [0.1, 0.15) is 25.7 Å². The highest BCUT2D eigenvalue weighted by atomic mass is 32.1. The van der Waals surface area contributed by atoms with Gasteiger partial charge in [0.2, 0.25) is 0 Å². The number of fused-ring (bicyclic) bond motifs is 2. The van der Waals surface area contributed by atoms with Gasteiger partial charge in [-0.3, -0.25) is 0 Å². The van der Waals surface area contributed by atoms with Crippen LogP contribution in [0.2, 0.25) is 0 Å². The Hall–Kier alpha value is -0.310. The van der Waals surface area contributed by atoms with Crippen LogP contribution in [0.25, 0.3) is 0 Å². The lowest BCUT2D eigenvalue weighted by atomic mass is 9.96. The molecular formula is C8H14N2S. The molecule has 2 bridgehead atoms. The van der Waals surface area contributed by atoms with Crippen molar-refractivity contribution in [3.63, 3.8) is 0 Å². The van der Waals surface area contributed by atoms with Crippen LogP contribution in [-0.4, -0.2) is 11.2 Å². The zero-order chi connectivity index (χ0) is 7.84. The molecule has 2 saturated carbocycles. The Balaban J connectivity index is 1.92. The largest absolute Gasteiger partial charge is 0.376 e. The first-order valence-electron chi connectivity index (χ1n) is 4.31. The second-order valence-corrected chi connectivity index (χ2v) is 4.23. The summed E-state index contributed by atoms with van der Waals surface area (Å²) in [5, 5.41) is 3.66. The molecule has 1 unspecified atom stereocenters. The highest BCUT2D eigenvalue weighted by Crippen LogP contribution is 2.44. The summed E-state index contributed by atoms with van der Waals surface area (Å²) in [5.74, 6) is 1.83. The highest BCUT2D eigenvalue weighted by molar-refractivity contribution is 7.80. The van der Waals surface area contributed by atoms with Crippen molar-refractivity contribution in [2.24, 2.45) is 17.6 Å². The zero-order valence-electron chi connectivity index (χ0n) is 6.55. The van der Waals surface area contributed by atoms with Gasteiger partial charge in [-0.15, -0.1) is 0 Å². The van der Waals surface area contributed by atoms with Crippen molar-refractivity contribution in [3.8, 4) is 0 Å². The van der Waals surface area contributed by atoms with Gasteiger partial charge in [-0.05, 0) is 43.3 Å². The highest BCUT2D eigenvalue weighted by Gasteiger charge is 2.39. The van der Waals surface area contributed by atoms with Crippen molar-refractivity contribution in [1.82, 2.24) is 5.32 Å². The summed E-state index contributed by atoms with van der Waals surface area (Å²) in [6, 6.07) is 0.603. The summed E-state index contributed by atoms with van der Waals surface area (Å²) in [5.41, 5.74) is 5.42. The smallest absolute Gasteiger partial charge is 0.163 e. The van der Waals surface area contributed by atoms with Crippen LogP contribution in [0.5, 0.6) is 0 Å². The lowest BCUT2D eigenvalue weighted by Crippen LogP contribution is -2.41. The fourth-order valence-corrected chi connectivity index (χ4v) is 2.76. The van der Waals surface area contributed by atoms with E-state index in [2.05, 4.69) is 5.32 Å². The van der Waals surface area contributed by atoms with Crippen LogP contribution >= 0.6 is 12.2 Å². The van der Waals surface area contributed by atoms with E-state index in [9.17, 15) is 0 Å². The molecular weight excluding hydrogens is 156 g/mol. The Morgan fingerprint density at radius 1 is 1.36 bits per heavy atom. The van der Waals surface area contributed by atoms with Crippen LogP contribution in [0.4, 0.5) is 0 Å². The average molecular weight is 170 g/mol. The minimum atomic E-state index is 0.475. The van der Waals surface area contributed by atoms with E-state index < -0.39 is 0 Å². The first kappa shape index (κ1) is 7.35. The minimum absolute atomic E-state index is 0.475. The number of nitrogens with two attached hydrogens (primary N) is 1. The average Bonchev–Trinajstić information content (AvgIpc) is 2.45. The van der Waals surface area contributed by atoms with E-state index in [0.29, 0.717) is 11.2 Å². The molecule has 0 aromatic rings. The van der Waals surface area contributed by atoms with Crippen LogP contribution in [0.15, 0.2) is 0 Å². The number of rotatable bonds is 1. The summed E-state index contributed by atoms with van der Waals surface area (Å²) >= 11 is 4.81. The predicted molar refractivity (Wildman–Crippen MR) is 49.2 cm³/mol. The summed E-state index contributed by atoms with van der Waals surface area (Å²) in [4.78, 5) is 0. The summed E-state index contributed by atoms with van der Waals surface area (Å²) in [7, 11) is 0. The molecule has 3 N–H and O–H groups in total. The quantitative estimate of drug-likeness (QED) is 0.577. The SMILES string of the molecule is NC(=S)N[C@H]1CC2CC[C@H]1C2. The van der Waals surface area contributed by atoms with Gasteiger partial charge in [0, 0.05) is 6.04 Å². The van der Waals surface area contributed by atoms with Crippen LogP contribution in [0, 0.1) is 11.8 Å². The number of hydrogen-bond donors (Lipinski definition) is 2. The Morgan fingerprint density at radius 3 is 2.64 bits per heavy atom. The van der Waals surface area contributed by atoms with Crippen molar-refractivity contribution in [1.29, 1.82) is 0 Å². The van der Waals surface area contributed by atoms with Gasteiger partial charge in [0.1, 0.15) is 0 Å². The second kappa shape index (κ2) is 2.63. The fourth-order valence-electron chi connectivity index (χ4n) is 2.60. The minimum Gasteiger partial charge on any atom is -0.376 e. The zero-order valence-corrected chi connectivity index (χ0v) is 7.36. The lowest BCUT2D eigenvalue weighted by molar-refractivity contribution is 0.391. The molecule has 2 aliphatic rings. The lowest BCUT2D eigenvalue weighted by Gasteiger charge is -2.22. The first-order valence-corrected chi connectivity index (χ1v) is 4.72. The number of thiocarbonyl (C=S) groups is 1. The molecule has 3 heteroatoms. The summed E-state index contributed by atoms with van der Waals surface area (Å²) in [6.07, 6.45) is 5.51. The molecule has 2 fully saturated rings. The van der Waals surface area contributed by atoms with Gasteiger partial charge in [-0.1, -0.05) is 6.42 Å². The van der Waals surface area contributed by atoms with Gasteiger partial charge < -0.3 is 11.1 Å². The molecule has 0 spiro atoms. The standard InChI is InChI=1S/C8H14N2S/c9-8(11)10-7-4-5-1-2-6(7)3-5/h5-7H,1-4H2,(H3,9,10,11)/t5?,6-,7-/m0/s1. The van der Waals surface area contributed by atoms with E-state index in [1.54, 1.807) is 0 Å². The molecule has 0 aromatic heterocycles. The number of hydrogen-bond acceptors (Lipinski definition) is 1. The monoisotopic (exact) mass is 170 g/mol. The van der Waals surface area contributed by atoms with E-state index in [-0.39, 0.29) is 0 Å². The van der Waals surface area contributed by atoms with E-state index in [1.807, 2.05) is 0 Å². The van der Waals surface area contributed by atoms with E-state index >= 15 is 0 Å². The van der Waals surface area contributed by atoms with E-state index in [1.165, 1.54) is 25.7 Å². The second-order valence-electron chi connectivity index (χ2n) is 3.79. The van der Waals surface area contributed by atoms with Crippen molar-refractivity contribution in [2.45, 2.75) is 31.7 Å². The van der Waals surface area contributed by atoms with Crippen molar-refractivity contribution < 1.29 is 0 Å². The number of nitrogens with one attached hydrogen (secondary N) is 1.